The van der Waals surface area contributed by atoms with E-state index >= 15 is 0 Å². The number of nitrogens with zero attached hydrogens (tertiary/aromatic N) is 1. The van der Waals surface area contributed by atoms with Crippen molar-refractivity contribution in [3.8, 4) is 5.75 Å². The number of carbonyl (C=O) groups excluding carboxylic acids is 1. The van der Waals surface area contributed by atoms with Gasteiger partial charge in [-0.15, -0.1) is 0 Å². The molecule has 0 bridgehead atoms. The van der Waals surface area contributed by atoms with Crippen LogP contribution in [0.15, 0.2) is 18.2 Å². The van der Waals surface area contributed by atoms with E-state index in [1.807, 2.05) is 0 Å². The number of carbonyl (C=O) groups is 1. The van der Waals surface area contributed by atoms with Crippen LogP contribution in [0.1, 0.15) is 43.0 Å². The van der Waals surface area contributed by atoms with Crippen molar-refractivity contribution in [1.82, 2.24) is 5.32 Å². The van der Waals surface area contributed by atoms with E-state index in [2.05, 4.69) is 12.2 Å². The Balaban J connectivity index is 2.17. The molecule has 2 unspecified atom stereocenters. The third-order valence-electron chi connectivity index (χ3n) is 3.91. The SMILES string of the molecule is COc1ccc([N+](=O)[O-])cc1C(=O)NC1CCCC(C)C1. The fourth-order valence-corrected chi connectivity index (χ4v) is 2.82. The molecule has 0 spiro atoms. The maximum Gasteiger partial charge on any atom is 0.270 e. The van der Waals surface area contributed by atoms with Crippen LogP contribution in [-0.4, -0.2) is 24.0 Å². The largest absolute Gasteiger partial charge is 0.496 e. The highest BCUT2D eigenvalue weighted by atomic mass is 16.6. The first-order valence-electron chi connectivity index (χ1n) is 7.14. The average molecular weight is 292 g/mol. The summed E-state index contributed by atoms with van der Waals surface area (Å²) in [5, 5.41) is 13.8. The van der Waals surface area contributed by atoms with Gasteiger partial charge in [0.15, 0.2) is 0 Å². The highest BCUT2D eigenvalue weighted by Gasteiger charge is 2.23. The van der Waals surface area contributed by atoms with Crippen LogP contribution in [-0.2, 0) is 0 Å². The van der Waals surface area contributed by atoms with Gasteiger partial charge >= 0.3 is 0 Å². The van der Waals surface area contributed by atoms with Crippen LogP contribution in [0.4, 0.5) is 5.69 Å². The molecular weight excluding hydrogens is 272 g/mol. The fraction of sp³-hybridized carbons (Fsp3) is 0.533. The number of nitrogens with one attached hydrogen (secondary N) is 1. The standard InChI is InChI=1S/C15H20N2O4/c1-10-4-3-5-11(8-10)16-15(18)13-9-12(17(19)20)6-7-14(13)21-2/h6-7,9-11H,3-5,8H2,1-2H3,(H,16,18). The van der Waals surface area contributed by atoms with Crippen molar-refractivity contribution in [3.05, 3.63) is 33.9 Å². The molecule has 1 aromatic rings. The van der Waals surface area contributed by atoms with Crippen LogP contribution in [0.3, 0.4) is 0 Å². The minimum absolute atomic E-state index is 0.113. The van der Waals surface area contributed by atoms with E-state index in [0.29, 0.717) is 11.7 Å². The van der Waals surface area contributed by atoms with E-state index in [9.17, 15) is 14.9 Å². The first-order chi connectivity index (χ1) is 10.0. The molecule has 0 heterocycles. The number of nitro groups is 1. The van der Waals surface area contributed by atoms with Crippen LogP contribution in [0.5, 0.6) is 5.75 Å². The molecule has 114 valence electrons. The Labute approximate surface area is 123 Å². The third kappa shape index (κ3) is 3.71. The second-order valence-corrected chi connectivity index (χ2v) is 5.58. The molecule has 1 saturated carbocycles. The van der Waals surface area contributed by atoms with Gasteiger partial charge in [-0.3, -0.25) is 14.9 Å². The van der Waals surface area contributed by atoms with Gasteiger partial charge in [0.25, 0.3) is 11.6 Å². The third-order valence-corrected chi connectivity index (χ3v) is 3.91. The first-order valence-corrected chi connectivity index (χ1v) is 7.14. The summed E-state index contributed by atoms with van der Waals surface area (Å²) in [7, 11) is 1.45. The Morgan fingerprint density at radius 1 is 1.43 bits per heavy atom. The number of benzene rings is 1. The Morgan fingerprint density at radius 3 is 2.81 bits per heavy atom. The quantitative estimate of drug-likeness (QED) is 0.683. The lowest BCUT2D eigenvalue weighted by Gasteiger charge is -2.27. The Morgan fingerprint density at radius 2 is 2.19 bits per heavy atom. The van der Waals surface area contributed by atoms with Crippen molar-refractivity contribution in [1.29, 1.82) is 0 Å². The molecule has 0 saturated heterocycles. The molecule has 2 rings (SSSR count). The van der Waals surface area contributed by atoms with Gasteiger partial charge in [-0.25, -0.2) is 0 Å². The monoisotopic (exact) mass is 292 g/mol. The van der Waals surface area contributed by atoms with Gasteiger partial charge < -0.3 is 10.1 Å². The lowest BCUT2D eigenvalue weighted by atomic mass is 9.87. The average Bonchev–Trinajstić information content (AvgIpc) is 2.46. The number of methoxy groups -OCH3 is 1. The maximum absolute atomic E-state index is 12.4. The number of ether oxygens (including phenoxy) is 1. The molecule has 1 fully saturated rings. The molecular formula is C15H20N2O4. The lowest BCUT2D eigenvalue weighted by molar-refractivity contribution is -0.384. The molecule has 1 aliphatic rings. The van der Waals surface area contributed by atoms with E-state index in [1.165, 1.54) is 31.7 Å². The van der Waals surface area contributed by atoms with Crippen LogP contribution in [0.25, 0.3) is 0 Å². The summed E-state index contributed by atoms with van der Waals surface area (Å²) in [5.74, 6) is 0.632. The van der Waals surface area contributed by atoms with Gasteiger partial charge in [0, 0.05) is 18.2 Å². The van der Waals surface area contributed by atoms with Crippen molar-refractivity contribution in [2.75, 3.05) is 7.11 Å². The summed E-state index contributed by atoms with van der Waals surface area (Å²) in [4.78, 5) is 22.7. The predicted molar refractivity (Wildman–Crippen MR) is 78.5 cm³/mol. The molecule has 1 aromatic carbocycles. The van der Waals surface area contributed by atoms with Crippen molar-refractivity contribution in [2.24, 2.45) is 5.92 Å². The predicted octanol–water partition coefficient (Wildman–Crippen LogP) is 2.91. The second-order valence-electron chi connectivity index (χ2n) is 5.58. The van der Waals surface area contributed by atoms with Gasteiger partial charge in [0.2, 0.25) is 0 Å². The summed E-state index contributed by atoms with van der Waals surface area (Å²) in [5.41, 5.74) is 0.0999. The van der Waals surface area contributed by atoms with Gasteiger partial charge in [-0.05, 0) is 24.8 Å². The van der Waals surface area contributed by atoms with Crippen LogP contribution >= 0.6 is 0 Å². The summed E-state index contributed by atoms with van der Waals surface area (Å²) in [6, 6.07) is 4.18. The smallest absolute Gasteiger partial charge is 0.270 e. The highest BCUT2D eigenvalue weighted by molar-refractivity contribution is 5.97. The normalized spacial score (nSPS) is 21.6. The van der Waals surface area contributed by atoms with E-state index in [-0.39, 0.29) is 23.2 Å². The topological polar surface area (TPSA) is 81.5 Å². The minimum Gasteiger partial charge on any atom is -0.496 e. The number of hydrogen-bond donors (Lipinski definition) is 1. The summed E-state index contributed by atoms with van der Waals surface area (Å²) in [6.45, 7) is 2.17. The van der Waals surface area contributed by atoms with Crippen LogP contribution in [0, 0.1) is 16.0 Å². The van der Waals surface area contributed by atoms with E-state index in [1.54, 1.807) is 0 Å². The van der Waals surface area contributed by atoms with E-state index < -0.39 is 4.92 Å². The van der Waals surface area contributed by atoms with Crippen molar-refractivity contribution in [2.45, 2.75) is 38.6 Å². The zero-order valence-corrected chi connectivity index (χ0v) is 12.3. The van der Waals surface area contributed by atoms with Gasteiger partial charge in [0.05, 0.1) is 17.6 Å². The molecule has 0 aromatic heterocycles. The lowest BCUT2D eigenvalue weighted by Crippen LogP contribution is -2.38. The number of non-ortho nitro benzene ring substituents is 1. The molecule has 2 atom stereocenters. The molecule has 0 radical (unpaired) electrons. The summed E-state index contributed by atoms with van der Waals surface area (Å²) in [6.07, 6.45) is 4.18. The highest BCUT2D eigenvalue weighted by Crippen LogP contribution is 2.26. The molecule has 6 heteroatoms. The van der Waals surface area contributed by atoms with Gasteiger partial charge in [0.1, 0.15) is 5.75 Å². The molecule has 1 aliphatic carbocycles. The molecule has 1 N–H and O–H groups in total. The van der Waals surface area contributed by atoms with E-state index in [0.717, 1.165) is 19.3 Å². The second kappa shape index (κ2) is 6.56. The Bertz CT molecular complexity index is 544. The molecule has 21 heavy (non-hydrogen) atoms. The molecule has 6 nitrogen and oxygen atoms in total. The first kappa shape index (κ1) is 15.3. The maximum atomic E-state index is 12.4. The van der Waals surface area contributed by atoms with Gasteiger partial charge in [-0.2, -0.15) is 0 Å². The van der Waals surface area contributed by atoms with Crippen LogP contribution < -0.4 is 10.1 Å². The number of nitro benzene ring substituents is 1. The summed E-state index contributed by atoms with van der Waals surface area (Å²) >= 11 is 0. The number of amides is 1. The van der Waals surface area contributed by atoms with Crippen molar-refractivity contribution < 1.29 is 14.5 Å². The minimum atomic E-state index is -0.515. The van der Waals surface area contributed by atoms with Gasteiger partial charge in [-0.1, -0.05) is 19.8 Å². The van der Waals surface area contributed by atoms with E-state index in [4.69, 9.17) is 4.74 Å². The fourth-order valence-electron chi connectivity index (χ4n) is 2.82. The Kier molecular flexibility index (Phi) is 4.77. The number of hydrogen-bond acceptors (Lipinski definition) is 4. The summed E-state index contributed by atoms with van der Waals surface area (Å²) < 4.78 is 5.13. The van der Waals surface area contributed by atoms with Crippen molar-refractivity contribution in [3.63, 3.8) is 0 Å². The van der Waals surface area contributed by atoms with Crippen LogP contribution in [0.2, 0.25) is 0 Å². The van der Waals surface area contributed by atoms with Crippen molar-refractivity contribution >= 4 is 11.6 Å². The zero-order chi connectivity index (χ0) is 15.4. The number of rotatable bonds is 4. The Hall–Kier alpha value is -2.11. The molecule has 1 amide bonds. The zero-order valence-electron chi connectivity index (χ0n) is 12.3. The molecule has 0 aliphatic heterocycles.